The predicted octanol–water partition coefficient (Wildman–Crippen LogP) is 2.03. The molecule has 0 spiro atoms. The Morgan fingerprint density at radius 1 is 1.25 bits per heavy atom. The van der Waals surface area contributed by atoms with Gasteiger partial charge in [0.25, 0.3) is 5.91 Å². The molecule has 2 rings (SSSR count). The lowest BCUT2D eigenvalue weighted by Crippen LogP contribution is -2.36. The molecule has 1 heterocycles. The van der Waals surface area contributed by atoms with Crippen LogP contribution in [0.15, 0.2) is 21.5 Å². The Bertz CT molecular complexity index is 637. The average Bonchev–Trinajstić information content (AvgIpc) is 2.40. The minimum Gasteiger partial charge on any atom is -0.339 e. The monoisotopic (exact) mass is 360 g/mol. The van der Waals surface area contributed by atoms with Crippen molar-refractivity contribution in [2.24, 2.45) is 5.14 Å². The largest absolute Gasteiger partial charge is 0.339 e. The maximum atomic E-state index is 12.5. The molecule has 1 aliphatic rings. The van der Waals surface area contributed by atoms with E-state index in [1.54, 1.807) is 11.8 Å². The maximum Gasteiger partial charge on any atom is 0.254 e. The summed E-state index contributed by atoms with van der Waals surface area (Å²) in [6.07, 6.45) is 3.10. The molecule has 0 aliphatic carbocycles. The van der Waals surface area contributed by atoms with Crippen LogP contribution in [-0.4, -0.2) is 32.3 Å². The quantitative estimate of drug-likeness (QED) is 0.875. The molecular formula is C13H17BrN2O3S. The standard InChI is InChI=1S/C13H17BrN2O3S/c1-9-11(13(17)16-5-3-2-4-6-16)7-10(8-12(9)14)20(15,18)19/h7-8H,2-6H2,1H3,(H2,15,18,19). The third kappa shape index (κ3) is 3.21. The summed E-state index contributed by atoms with van der Waals surface area (Å²) in [5.41, 5.74) is 1.12. The fourth-order valence-corrected chi connectivity index (χ4v) is 3.48. The summed E-state index contributed by atoms with van der Waals surface area (Å²) in [6.45, 7) is 3.22. The number of hydrogen-bond acceptors (Lipinski definition) is 3. The number of piperidine rings is 1. The van der Waals surface area contributed by atoms with Gasteiger partial charge in [-0.3, -0.25) is 4.79 Å². The minimum atomic E-state index is -3.83. The van der Waals surface area contributed by atoms with E-state index in [-0.39, 0.29) is 10.8 Å². The Hall–Kier alpha value is -0.920. The molecule has 0 aromatic heterocycles. The molecule has 0 unspecified atom stereocenters. The highest BCUT2D eigenvalue weighted by atomic mass is 79.9. The first-order valence-corrected chi connectivity index (χ1v) is 8.77. The van der Waals surface area contributed by atoms with E-state index in [4.69, 9.17) is 5.14 Å². The number of sulfonamides is 1. The van der Waals surface area contributed by atoms with Crippen LogP contribution in [0.25, 0.3) is 0 Å². The second-order valence-electron chi connectivity index (χ2n) is 4.98. The third-order valence-electron chi connectivity index (χ3n) is 3.52. The first-order chi connectivity index (χ1) is 9.30. The Balaban J connectivity index is 2.44. The highest BCUT2D eigenvalue weighted by Gasteiger charge is 2.23. The summed E-state index contributed by atoms with van der Waals surface area (Å²) < 4.78 is 23.5. The van der Waals surface area contributed by atoms with Crippen LogP contribution < -0.4 is 5.14 Å². The SMILES string of the molecule is Cc1c(Br)cc(S(N)(=O)=O)cc1C(=O)N1CCCCC1. The second-order valence-corrected chi connectivity index (χ2v) is 7.39. The Morgan fingerprint density at radius 2 is 1.85 bits per heavy atom. The van der Waals surface area contributed by atoms with Crippen LogP contribution in [0.3, 0.4) is 0 Å². The molecule has 20 heavy (non-hydrogen) atoms. The van der Waals surface area contributed by atoms with Gasteiger partial charge in [0.05, 0.1) is 4.90 Å². The number of nitrogens with two attached hydrogens (primary N) is 1. The highest BCUT2D eigenvalue weighted by Crippen LogP contribution is 2.26. The summed E-state index contributed by atoms with van der Waals surface area (Å²) in [5.74, 6) is -0.131. The fraction of sp³-hybridized carbons (Fsp3) is 0.462. The van der Waals surface area contributed by atoms with E-state index in [2.05, 4.69) is 15.9 Å². The number of hydrogen-bond donors (Lipinski definition) is 1. The zero-order valence-electron chi connectivity index (χ0n) is 11.2. The van der Waals surface area contributed by atoms with Crippen molar-refractivity contribution in [1.82, 2.24) is 4.90 Å². The van der Waals surface area contributed by atoms with Gasteiger partial charge in [-0.1, -0.05) is 15.9 Å². The normalized spacial score (nSPS) is 16.2. The van der Waals surface area contributed by atoms with Gasteiger partial charge in [0.1, 0.15) is 0 Å². The van der Waals surface area contributed by atoms with Crippen LogP contribution in [-0.2, 0) is 10.0 Å². The van der Waals surface area contributed by atoms with E-state index in [0.717, 1.165) is 37.9 Å². The molecule has 110 valence electrons. The van der Waals surface area contributed by atoms with Crippen molar-refractivity contribution in [2.75, 3.05) is 13.1 Å². The van der Waals surface area contributed by atoms with Crippen LogP contribution in [0, 0.1) is 6.92 Å². The number of carbonyl (C=O) groups is 1. The van der Waals surface area contributed by atoms with E-state index < -0.39 is 10.0 Å². The molecule has 1 saturated heterocycles. The van der Waals surface area contributed by atoms with E-state index in [1.807, 2.05) is 0 Å². The number of likely N-dealkylation sites (tertiary alicyclic amines) is 1. The van der Waals surface area contributed by atoms with Crippen molar-refractivity contribution in [1.29, 1.82) is 0 Å². The van der Waals surface area contributed by atoms with Crippen LogP contribution in [0.4, 0.5) is 0 Å². The molecule has 5 nitrogen and oxygen atoms in total. The van der Waals surface area contributed by atoms with Crippen molar-refractivity contribution >= 4 is 31.9 Å². The molecule has 7 heteroatoms. The zero-order valence-corrected chi connectivity index (χ0v) is 13.6. The first kappa shape index (κ1) is 15.5. The average molecular weight is 361 g/mol. The summed E-state index contributed by atoms with van der Waals surface area (Å²) in [4.78, 5) is 14.2. The number of nitrogens with zero attached hydrogens (tertiary/aromatic N) is 1. The van der Waals surface area contributed by atoms with Crippen LogP contribution in [0.1, 0.15) is 35.2 Å². The molecule has 0 saturated carbocycles. The summed E-state index contributed by atoms with van der Waals surface area (Å²) in [7, 11) is -3.83. The van der Waals surface area contributed by atoms with Crippen LogP contribution >= 0.6 is 15.9 Å². The van der Waals surface area contributed by atoms with Gasteiger partial charge in [0, 0.05) is 23.1 Å². The number of amides is 1. The molecule has 0 radical (unpaired) electrons. The lowest BCUT2D eigenvalue weighted by molar-refractivity contribution is 0.0723. The number of halogens is 1. The summed E-state index contributed by atoms with van der Waals surface area (Å²) in [6, 6.07) is 2.80. The van der Waals surface area contributed by atoms with Crippen LogP contribution in [0.5, 0.6) is 0 Å². The van der Waals surface area contributed by atoms with E-state index in [1.165, 1.54) is 12.1 Å². The Morgan fingerprint density at radius 3 is 2.40 bits per heavy atom. The Labute approximate surface area is 127 Å². The zero-order chi connectivity index (χ0) is 14.9. The lowest BCUT2D eigenvalue weighted by Gasteiger charge is -2.27. The lowest BCUT2D eigenvalue weighted by atomic mass is 10.1. The number of rotatable bonds is 2. The van der Waals surface area contributed by atoms with Crippen molar-refractivity contribution in [3.8, 4) is 0 Å². The van der Waals surface area contributed by atoms with Crippen molar-refractivity contribution in [3.05, 3.63) is 27.7 Å². The number of benzene rings is 1. The van der Waals surface area contributed by atoms with Crippen LogP contribution in [0.2, 0.25) is 0 Å². The Kier molecular flexibility index (Phi) is 4.51. The molecule has 1 aromatic carbocycles. The van der Waals surface area contributed by atoms with Gasteiger partial charge in [0.15, 0.2) is 0 Å². The molecular weight excluding hydrogens is 344 g/mol. The smallest absolute Gasteiger partial charge is 0.254 e. The van der Waals surface area contributed by atoms with Gasteiger partial charge in [-0.15, -0.1) is 0 Å². The van der Waals surface area contributed by atoms with Crippen molar-refractivity contribution < 1.29 is 13.2 Å². The van der Waals surface area contributed by atoms with E-state index >= 15 is 0 Å². The van der Waals surface area contributed by atoms with Gasteiger partial charge in [-0.25, -0.2) is 13.6 Å². The molecule has 0 bridgehead atoms. The van der Waals surface area contributed by atoms with Crippen molar-refractivity contribution in [2.45, 2.75) is 31.1 Å². The topological polar surface area (TPSA) is 80.5 Å². The molecule has 1 amide bonds. The van der Waals surface area contributed by atoms with Gasteiger partial charge < -0.3 is 4.90 Å². The third-order valence-corrected chi connectivity index (χ3v) is 5.24. The molecule has 1 fully saturated rings. The molecule has 1 aliphatic heterocycles. The minimum absolute atomic E-state index is 0.0460. The number of carbonyl (C=O) groups excluding carboxylic acids is 1. The molecule has 0 atom stereocenters. The van der Waals surface area contributed by atoms with Gasteiger partial charge in [0.2, 0.25) is 10.0 Å². The van der Waals surface area contributed by atoms with Gasteiger partial charge in [-0.05, 0) is 43.9 Å². The number of primary sulfonamides is 1. The molecule has 2 N–H and O–H groups in total. The summed E-state index contributed by atoms with van der Waals surface area (Å²) >= 11 is 3.29. The fourth-order valence-electron chi connectivity index (χ4n) is 2.31. The van der Waals surface area contributed by atoms with Gasteiger partial charge >= 0.3 is 0 Å². The summed E-state index contributed by atoms with van der Waals surface area (Å²) in [5, 5.41) is 5.15. The predicted molar refractivity (Wildman–Crippen MR) is 80.0 cm³/mol. The maximum absolute atomic E-state index is 12.5. The highest BCUT2D eigenvalue weighted by molar-refractivity contribution is 9.10. The molecule has 1 aromatic rings. The van der Waals surface area contributed by atoms with E-state index in [9.17, 15) is 13.2 Å². The first-order valence-electron chi connectivity index (χ1n) is 6.43. The second kappa shape index (κ2) is 5.83. The van der Waals surface area contributed by atoms with Crippen molar-refractivity contribution in [3.63, 3.8) is 0 Å². The van der Waals surface area contributed by atoms with Gasteiger partial charge in [-0.2, -0.15) is 0 Å². The van der Waals surface area contributed by atoms with E-state index in [0.29, 0.717) is 10.0 Å².